The van der Waals surface area contributed by atoms with Crippen molar-refractivity contribution >= 4 is 5.91 Å². The standard InChI is InChI=1S/C12H18FN3O2/c1-16(2)7-9-18-8-6-15-12(17)10-4-3-5-14-11(10)13/h3-5H,6-9H2,1-2H3,(H,15,17). The second-order valence-electron chi connectivity index (χ2n) is 4.01. The summed E-state index contributed by atoms with van der Waals surface area (Å²) in [4.78, 5) is 17.0. The van der Waals surface area contributed by atoms with Crippen LogP contribution in [0.2, 0.25) is 0 Å². The van der Waals surface area contributed by atoms with E-state index in [1.165, 1.54) is 18.3 Å². The molecule has 0 radical (unpaired) electrons. The van der Waals surface area contributed by atoms with Crippen LogP contribution in [0.25, 0.3) is 0 Å². The van der Waals surface area contributed by atoms with Gasteiger partial charge in [0.15, 0.2) is 0 Å². The Bertz CT molecular complexity index is 385. The molecule has 0 atom stereocenters. The van der Waals surface area contributed by atoms with E-state index >= 15 is 0 Å². The van der Waals surface area contributed by atoms with Gasteiger partial charge >= 0.3 is 0 Å². The summed E-state index contributed by atoms with van der Waals surface area (Å²) in [5.41, 5.74) is -0.0502. The molecule has 0 aliphatic heterocycles. The Morgan fingerprint density at radius 2 is 2.28 bits per heavy atom. The first-order valence-corrected chi connectivity index (χ1v) is 5.72. The molecule has 0 saturated carbocycles. The first-order valence-electron chi connectivity index (χ1n) is 5.72. The fraction of sp³-hybridized carbons (Fsp3) is 0.500. The summed E-state index contributed by atoms with van der Waals surface area (Å²) in [6.07, 6.45) is 1.30. The molecule has 0 unspecified atom stereocenters. The molecule has 1 N–H and O–H groups in total. The molecule has 5 nitrogen and oxygen atoms in total. The second kappa shape index (κ2) is 7.73. The fourth-order valence-corrected chi connectivity index (χ4v) is 1.24. The summed E-state index contributed by atoms with van der Waals surface area (Å²) in [6.45, 7) is 2.18. The van der Waals surface area contributed by atoms with Gasteiger partial charge in [0.25, 0.3) is 5.91 Å². The van der Waals surface area contributed by atoms with Crippen molar-refractivity contribution < 1.29 is 13.9 Å². The highest BCUT2D eigenvalue weighted by molar-refractivity contribution is 5.94. The van der Waals surface area contributed by atoms with Gasteiger partial charge < -0.3 is 15.0 Å². The SMILES string of the molecule is CN(C)CCOCCNC(=O)c1cccnc1F. The van der Waals surface area contributed by atoms with E-state index in [0.717, 1.165) is 6.54 Å². The number of hydrogen-bond acceptors (Lipinski definition) is 4. The maximum absolute atomic E-state index is 13.2. The van der Waals surface area contributed by atoms with E-state index in [9.17, 15) is 9.18 Å². The Labute approximate surface area is 106 Å². The first kappa shape index (κ1) is 14.5. The molecule has 0 bridgehead atoms. The van der Waals surface area contributed by atoms with Crippen LogP contribution in [0.1, 0.15) is 10.4 Å². The van der Waals surface area contributed by atoms with Crippen LogP contribution >= 0.6 is 0 Å². The van der Waals surface area contributed by atoms with Gasteiger partial charge in [0.05, 0.1) is 18.8 Å². The fourth-order valence-electron chi connectivity index (χ4n) is 1.24. The van der Waals surface area contributed by atoms with E-state index in [-0.39, 0.29) is 5.56 Å². The average Bonchev–Trinajstić information content (AvgIpc) is 2.33. The van der Waals surface area contributed by atoms with Crippen molar-refractivity contribution in [2.24, 2.45) is 0 Å². The molecule has 0 saturated heterocycles. The molecule has 100 valence electrons. The summed E-state index contributed by atoms with van der Waals surface area (Å²) in [6, 6.07) is 2.91. The van der Waals surface area contributed by atoms with Gasteiger partial charge in [0.1, 0.15) is 0 Å². The van der Waals surface area contributed by atoms with E-state index in [2.05, 4.69) is 10.3 Å². The molecule has 0 aliphatic rings. The minimum atomic E-state index is -0.761. The van der Waals surface area contributed by atoms with Crippen molar-refractivity contribution in [1.82, 2.24) is 15.2 Å². The summed E-state index contributed by atoms with van der Waals surface area (Å²) >= 11 is 0. The van der Waals surface area contributed by atoms with Crippen molar-refractivity contribution in [2.75, 3.05) is 40.4 Å². The third-order valence-corrected chi connectivity index (χ3v) is 2.22. The van der Waals surface area contributed by atoms with Gasteiger partial charge in [0, 0.05) is 19.3 Å². The van der Waals surface area contributed by atoms with E-state index in [1.807, 2.05) is 19.0 Å². The van der Waals surface area contributed by atoms with Crippen LogP contribution in [-0.2, 0) is 4.74 Å². The predicted molar refractivity (Wildman–Crippen MR) is 65.9 cm³/mol. The lowest BCUT2D eigenvalue weighted by atomic mass is 10.2. The third-order valence-electron chi connectivity index (χ3n) is 2.22. The topological polar surface area (TPSA) is 54.5 Å². The smallest absolute Gasteiger partial charge is 0.256 e. The number of likely N-dealkylation sites (N-methyl/N-ethyl adjacent to an activating group) is 1. The van der Waals surface area contributed by atoms with E-state index in [0.29, 0.717) is 19.8 Å². The number of nitrogens with zero attached hydrogens (tertiary/aromatic N) is 2. The van der Waals surface area contributed by atoms with Gasteiger partial charge in [-0.2, -0.15) is 4.39 Å². The normalized spacial score (nSPS) is 10.7. The average molecular weight is 255 g/mol. The van der Waals surface area contributed by atoms with Crippen LogP contribution in [-0.4, -0.2) is 56.2 Å². The molecular weight excluding hydrogens is 237 g/mol. The number of carbonyl (C=O) groups is 1. The summed E-state index contributed by atoms with van der Waals surface area (Å²) in [5, 5.41) is 2.57. The quantitative estimate of drug-likeness (QED) is 0.570. The number of ether oxygens (including phenoxy) is 1. The first-order chi connectivity index (χ1) is 8.61. The lowest BCUT2D eigenvalue weighted by Gasteiger charge is -2.10. The van der Waals surface area contributed by atoms with Gasteiger partial charge in [-0.05, 0) is 26.2 Å². The molecule has 1 heterocycles. The highest BCUT2D eigenvalue weighted by atomic mass is 19.1. The number of carbonyl (C=O) groups excluding carboxylic acids is 1. The van der Waals surface area contributed by atoms with Crippen LogP contribution in [0.4, 0.5) is 4.39 Å². The Balaban J connectivity index is 2.20. The molecule has 0 spiro atoms. The van der Waals surface area contributed by atoms with Crippen LogP contribution < -0.4 is 5.32 Å². The number of rotatable bonds is 7. The third kappa shape index (κ3) is 5.20. The van der Waals surface area contributed by atoms with Crippen LogP contribution in [0, 0.1) is 5.95 Å². The van der Waals surface area contributed by atoms with Crippen molar-refractivity contribution in [2.45, 2.75) is 0 Å². The van der Waals surface area contributed by atoms with Crippen LogP contribution in [0.3, 0.4) is 0 Å². The predicted octanol–water partition coefficient (Wildman–Crippen LogP) is 0.529. The molecule has 6 heteroatoms. The lowest BCUT2D eigenvalue weighted by molar-refractivity contribution is 0.0896. The Morgan fingerprint density at radius 1 is 1.50 bits per heavy atom. The Kier molecular flexibility index (Phi) is 6.24. The zero-order valence-electron chi connectivity index (χ0n) is 10.6. The number of nitrogens with one attached hydrogen (secondary N) is 1. The second-order valence-corrected chi connectivity index (χ2v) is 4.01. The van der Waals surface area contributed by atoms with E-state index in [1.54, 1.807) is 0 Å². The lowest BCUT2D eigenvalue weighted by Crippen LogP contribution is -2.29. The van der Waals surface area contributed by atoms with Gasteiger partial charge in [-0.15, -0.1) is 0 Å². The molecule has 0 aliphatic carbocycles. The molecule has 0 aromatic carbocycles. The summed E-state index contributed by atoms with van der Waals surface area (Å²) in [5.74, 6) is -1.24. The molecule has 1 aromatic heterocycles. The summed E-state index contributed by atoms with van der Waals surface area (Å²) < 4.78 is 18.4. The Hall–Kier alpha value is -1.53. The largest absolute Gasteiger partial charge is 0.378 e. The van der Waals surface area contributed by atoms with E-state index < -0.39 is 11.9 Å². The zero-order valence-corrected chi connectivity index (χ0v) is 10.6. The van der Waals surface area contributed by atoms with Crippen molar-refractivity contribution in [3.63, 3.8) is 0 Å². The van der Waals surface area contributed by atoms with Crippen LogP contribution in [0.15, 0.2) is 18.3 Å². The molecule has 1 rings (SSSR count). The number of amides is 1. The molecule has 0 fully saturated rings. The molecule has 1 amide bonds. The Morgan fingerprint density at radius 3 is 2.94 bits per heavy atom. The maximum atomic E-state index is 13.2. The monoisotopic (exact) mass is 255 g/mol. The number of pyridine rings is 1. The van der Waals surface area contributed by atoms with Crippen molar-refractivity contribution in [3.8, 4) is 0 Å². The highest BCUT2D eigenvalue weighted by Gasteiger charge is 2.10. The number of aromatic nitrogens is 1. The summed E-state index contributed by atoms with van der Waals surface area (Å²) in [7, 11) is 3.91. The van der Waals surface area contributed by atoms with Crippen LogP contribution in [0.5, 0.6) is 0 Å². The van der Waals surface area contributed by atoms with E-state index in [4.69, 9.17) is 4.74 Å². The van der Waals surface area contributed by atoms with Crippen molar-refractivity contribution in [1.29, 1.82) is 0 Å². The van der Waals surface area contributed by atoms with Gasteiger partial charge in [0.2, 0.25) is 5.95 Å². The molecular formula is C12H18FN3O2. The van der Waals surface area contributed by atoms with Gasteiger partial charge in [-0.1, -0.05) is 0 Å². The number of hydrogen-bond donors (Lipinski definition) is 1. The van der Waals surface area contributed by atoms with Gasteiger partial charge in [-0.3, -0.25) is 4.79 Å². The molecule has 18 heavy (non-hydrogen) atoms. The van der Waals surface area contributed by atoms with Gasteiger partial charge in [-0.25, -0.2) is 4.98 Å². The highest BCUT2D eigenvalue weighted by Crippen LogP contribution is 2.01. The molecule has 1 aromatic rings. The van der Waals surface area contributed by atoms with Crippen molar-refractivity contribution in [3.05, 3.63) is 29.8 Å². The zero-order chi connectivity index (χ0) is 13.4. The number of halogens is 1. The minimum Gasteiger partial charge on any atom is -0.378 e. The minimum absolute atomic E-state index is 0.0502. The maximum Gasteiger partial charge on any atom is 0.256 e.